The molecule has 7 heteroatoms. The average molecular weight is 389 g/mol. The van der Waals surface area contributed by atoms with Crippen molar-refractivity contribution in [3.05, 3.63) is 35.4 Å². The van der Waals surface area contributed by atoms with E-state index in [2.05, 4.69) is 15.5 Å². The molecule has 154 valence electrons. The Morgan fingerprint density at radius 2 is 2.14 bits per heavy atom. The first-order valence-electron chi connectivity index (χ1n) is 10.1. The quantitative estimate of drug-likeness (QED) is 0.423. The van der Waals surface area contributed by atoms with Gasteiger partial charge in [0.25, 0.3) is 5.91 Å². The molecule has 2 N–H and O–H groups in total. The number of nitrogens with zero attached hydrogens (tertiary/aromatic N) is 2. The van der Waals surface area contributed by atoms with Crippen molar-refractivity contribution in [2.24, 2.45) is 10.9 Å². The Morgan fingerprint density at radius 1 is 1.32 bits per heavy atom. The highest BCUT2D eigenvalue weighted by atomic mass is 16.5. The lowest BCUT2D eigenvalue weighted by Gasteiger charge is -2.34. The van der Waals surface area contributed by atoms with E-state index in [0.29, 0.717) is 25.3 Å². The van der Waals surface area contributed by atoms with Gasteiger partial charge in [-0.15, -0.1) is 0 Å². The monoisotopic (exact) mass is 388 g/mol. The van der Waals surface area contributed by atoms with Crippen LogP contribution in [0.25, 0.3) is 0 Å². The molecule has 1 atom stereocenters. The van der Waals surface area contributed by atoms with Crippen LogP contribution >= 0.6 is 0 Å². The molecule has 1 heterocycles. The molecule has 7 nitrogen and oxygen atoms in total. The van der Waals surface area contributed by atoms with Gasteiger partial charge in [0.05, 0.1) is 12.5 Å². The van der Waals surface area contributed by atoms with E-state index in [1.54, 1.807) is 13.1 Å². The van der Waals surface area contributed by atoms with Gasteiger partial charge in [0.2, 0.25) is 0 Å². The fourth-order valence-electron chi connectivity index (χ4n) is 3.35. The first kappa shape index (κ1) is 21.7. The highest BCUT2D eigenvalue weighted by molar-refractivity contribution is 5.94. The second kappa shape index (κ2) is 11.3. The molecule has 1 aliphatic heterocycles. The first-order valence-corrected chi connectivity index (χ1v) is 10.1. The molecule has 1 saturated heterocycles. The molecule has 0 aliphatic carbocycles. The number of likely N-dealkylation sites (tertiary alicyclic amines) is 1. The molecule has 0 spiro atoms. The van der Waals surface area contributed by atoms with E-state index in [4.69, 9.17) is 9.73 Å². The van der Waals surface area contributed by atoms with Crippen LogP contribution in [-0.4, -0.2) is 62.6 Å². The number of esters is 1. The number of aliphatic imine (C=N–C) groups is 1. The summed E-state index contributed by atoms with van der Waals surface area (Å²) in [6.45, 7) is 7.19. The van der Waals surface area contributed by atoms with E-state index in [1.807, 2.05) is 32.0 Å². The highest BCUT2D eigenvalue weighted by Gasteiger charge is 2.28. The molecule has 1 aromatic carbocycles. The van der Waals surface area contributed by atoms with Crippen molar-refractivity contribution in [2.45, 2.75) is 33.1 Å². The van der Waals surface area contributed by atoms with E-state index in [-0.39, 0.29) is 17.8 Å². The van der Waals surface area contributed by atoms with Gasteiger partial charge in [0, 0.05) is 38.8 Å². The van der Waals surface area contributed by atoms with Gasteiger partial charge in [-0.1, -0.05) is 12.1 Å². The smallest absolute Gasteiger partial charge is 0.310 e. The molecular formula is C21H32N4O3. The van der Waals surface area contributed by atoms with Gasteiger partial charge in [-0.2, -0.15) is 0 Å². The lowest BCUT2D eigenvalue weighted by Crippen LogP contribution is -2.48. The van der Waals surface area contributed by atoms with Gasteiger partial charge in [-0.25, -0.2) is 0 Å². The Morgan fingerprint density at radius 3 is 2.86 bits per heavy atom. The van der Waals surface area contributed by atoms with Crippen LogP contribution in [0, 0.1) is 5.92 Å². The Kier molecular flexibility index (Phi) is 8.78. The number of piperidine rings is 1. The van der Waals surface area contributed by atoms with Crippen LogP contribution in [0.4, 0.5) is 0 Å². The minimum Gasteiger partial charge on any atom is -0.466 e. The number of rotatable bonds is 7. The predicted octanol–water partition coefficient (Wildman–Crippen LogP) is 1.83. The summed E-state index contributed by atoms with van der Waals surface area (Å²) in [6, 6.07) is 7.61. The third-order valence-corrected chi connectivity index (χ3v) is 4.75. The third-order valence-electron chi connectivity index (χ3n) is 4.75. The lowest BCUT2D eigenvalue weighted by atomic mass is 9.98. The summed E-state index contributed by atoms with van der Waals surface area (Å²) in [4.78, 5) is 30.8. The van der Waals surface area contributed by atoms with Gasteiger partial charge in [-0.3, -0.25) is 14.6 Å². The van der Waals surface area contributed by atoms with Gasteiger partial charge in [-0.05, 0) is 50.8 Å². The zero-order valence-electron chi connectivity index (χ0n) is 17.2. The second-order valence-corrected chi connectivity index (χ2v) is 6.80. The van der Waals surface area contributed by atoms with Crippen LogP contribution in [0.2, 0.25) is 0 Å². The Balaban J connectivity index is 2.00. The number of guanidine groups is 1. The molecule has 1 fully saturated rings. The highest BCUT2D eigenvalue weighted by Crippen LogP contribution is 2.18. The number of carbonyl (C=O) groups is 2. The standard InChI is InChI=1S/C21H32N4O3/c1-4-23-21(25-13-7-10-18(15-25)20(27)28-5-2)24-12-11-16-8-6-9-17(14-16)19(26)22-3/h6,8-9,14,18H,4-5,7,10-13,15H2,1-3H3,(H,22,26)(H,23,24). The Bertz CT molecular complexity index is 690. The molecule has 1 unspecified atom stereocenters. The number of carbonyl (C=O) groups excluding carboxylic acids is 2. The average Bonchev–Trinajstić information content (AvgIpc) is 2.73. The van der Waals surface area contributed by atoms with Crippen molar-refractivity contribution in [3.63, 3.8) is 0 Å². The van der Waals surface area contributed by atoms with Crippen LogP contribution in [0.1, 0.15) is 42.6 Å². The number of benzene rings is 1. The molecule has 0 radical (unpaired) electrons. The fraction of sp³-hybridized carbons (Fsp3) is 0.571. The van der Waals surface area contributed by atoms with Gasteiger partial charge >= 0.3 is 5.97 Å². The summed E-state index contributed by atoms with van der Waals surface area (Å²) in [7, 11) is 1.63. The molecule has 0 bridgehead atoms. The van der Waals surface area contributed by atoms with Gasteiger partial charge in [0.1, 0.15) is 0 Å². The number of hydrogen-bond acceptors (Lipinski definition) is 4. The summed E-state index contributed by atoms with van der Waals surface area (Å²) in [5, 5.41) is 5.97. The van der Waals surface area contributed by atoms with Crippen molar-refractivity contribution < 1.29 is 14.3 Å². The molecule has 1 aromatic rings. The molecule has 2 rings (SSSR count). The van der Waals surface area contributed by atoms with Crippen LogP contribution < -0.4 is 10.6 Å². The fourth-order valence-corrected chi connectivity index (χ4v) is 3.35. The van der Waals surface area contributed by atoms with Crippen molar-refractivity contribution >= 4 is 17.8 Å². The number of nitrogens with one attached hydrogen (secondary N) is 2. The second-order valence-electron chi connectivity index (χ2n) is 6.80. The maximum absolute atomic E-state index is 12.1. The lowest BCUT2D eigenvalue weighted by molar-refractivity contribution is -0.149. The maximum Gasteiger partial charge on any atom is 0.310 e. The van der Waals surface area contributed by atoms with E-state index in [9.17, 15) is 9.59 Å². The van der Waals surface area contributed by atoms with Crippen molar-refractivity contribution in [1.29, 1.82) is 0 Å². The Labute approximate surface area is 167 Å². The molecule has 0 saturated carbocycles. The van der Waals surface area contributed by atoms with E-state index in [1.165, 1.54) is 0 Å². The van der Waals surface area contributed by atoms with E-state index < -0.39 is 0 Å². The predicted molar refractivity (Wildman–Crippen MR) is 110 cm³/mol. The first-order chi connectivity index (χ1) is 13.6. The summed E-state index contributed by atoms with van der Waals surface area (Å²) >= 11 is 0. The SMILES string of the molecule is CCNC(=NCCc1cccc(C(=O)NC)c1)N1CCCC(C(=O)OCC)C1. The van der Waals surface area contributed by atoms with Crippen molar-refractivity contribution in [3.8, 4) is 0 Å². The summed E-state index contributed by atoms with van der Waals surface area (Å²) in [5.74, 6) is 0.534. The number of ether oxygens (including phenoxy) is 1. The zero-order chi connectivity index (χ0) is 20.4. The minimum atomic E-state index is -0.117. The van der Waals surface area contributed by atoms with Crippen molar-refractivity contribution in [2.75, 3.05) is 39.8 Å². The molecule has 1 aliphatic rings. The van der Waals surface area contributed by atoms with Crippen LogP contribution in [0.15, 0.2) is 29.3 Å². The largest absolute Gasteiger partial charge is 0.466 e. The Hall–Kier alpha value is -2.57. The third kappa shape index (κ3) is 6.25. The number of hydrogen-bond donors (Lipinski definition) is 2. The molecule has 1 amide bonds. The summed E-state index contributed by atoms with van der Waals surface area (Å²) < 4.78 is 5.19. The molecule has 0 aromatic heterocycles. The van der Waals surface area contributed by atoms with Crippen molar-refractivity contribution in [1.82, 2.24) is 15.5 Å². The zero-order valence-corrected chi connectivity index (χ0v) is 17.2. The van der Waals surface area contributed by atoms with Crippen LogP contribution in [0.3, 0.4) is 0 Å². The van der Waals surface area contributed by atoms with E-state index in [0.717, 1.165) is 43.9 Å². The van der Waals surface area contributed by atoms with Crippen LogP contribution in [0.5, 0.6) is 0 Å². The molecular weight excluding hydrogens is 356 g/mol. The normalized spacial score (nSPS) is 17.2. The number of amides is 1. The summed E-state index contributed by atoms with van der Waals surface area (Å²) in [5.41, 5.74) is 1.73. The molecule has 28 heavy (non-hydrogen) atoms. The minimum absolute atomic E-state index is 0.0861. The van der Waals surface area contributed by atoms with Crippen LogP contribution in [-0.2, 0) is 16.0 Å². The maximum atomic E-state index is 12.1. The van der Waals surface area contributed by atoms with Gasteiger partial charge < -0.3 is 20.3 Å². The summed E-state index contributed by atoms with van der Waals surface area (Å²) in [6.07, 6.45) is 2.55. The van der Waals surface area contributed by atoms with Gasteiger partial charge in [0.15, 0.2) is 5.96 Å². The topological polar surface area (TPSA) is 83.0 Å². The van der Waals surface area contributed by atoms with E-state index >= 15 is 0 Å².